The van der Waals surface area contributed by atoms with E-state index in [0.717, 1.165) is 11.3 Å². The van der Waals surface area contributed by atoms with E-state index in [2.05, 4.69) is 6.07 Å². The molecule has 1 aliphatic rings. The van der Waals surface area contributed by atoms with E-state index in [1.807, 2.05) is 60.7 Å². The van der Waals surface area contributed by atoms with Gasteiger partial charge in [-0.05, 0) is 24.1 Å². The van der Waals surface area contributed by atoms with E-state index >= 15 is 0 Å². The van der Waals surface area contributed by atoms with Crippen LogP contribution in [0, 0.1) is 11.3 Å². The Morgan fingerprint density at radius 3 is 2.20 bits per heavy atom. The van der Waals surface area contributed by atoms with E-state index < -0.39 is 5.41 Å². The van der Waals surface area contributed by atoms with Crippen molar-refractivity contribution < 1.29 is 4.79 Å². The molecular weight excluding hydrogens is 248 g/mol. The third kappa shape index (κ3) is 1.78. The highest BCUT2D eigenvalue weighted by atomic mass is 16.2. The third-order valence-corrected chi connectivity index (χ3v) is 3.85. The summed E-state index contributed by atoms with van der Waals surface area (Å²) in [6, 6.07) is 21.1. The summed E-state index contributed by atoms with van der Waals surface area (Å²) < 4.78 is 0. The van der Waals surface area contributed by atoms with Gasteiger partial charge in [-0.15, -0.1) is 0 Å². The number of nitrogens with zero attached hydrogens (tertiary/aromatic N) is 2. The fourth-order valence-electron chi connectivity index (χ4n) is 2.73. The fourth-order valence-corrected chi connectivity index (χ4v) is 2.73. The Hall–Kier alpha value is -2.60. The SMILES string of the molecule is N#CC1(c2ccccc2)CCN(c2ccccc2)C1=O. The summed E-state index contributed by atoms with van der Waals surface area (Å²) in [5.74, 6) is -0.127. The van der Waals surface area contributed by atoms with Gasteiger partial charge < -0.3 is 4.90 Å². The van der Waals surface area contributed by atoms with Gasteiger partial charge in [-0.25, -0.2) is 0 Å². The lowest BCUT2D eigenvalue weighted by Crippen LogP contribution is -2.36. The first kappa shape index (κ1) is 12.4. The molecule has 0 spiro atoms. The number of amides is 1. The Labute approximate surface area is 118 Å². The normalized spacial score (nSPS) is 21.8. The standard InChI is InChI=1S/C17H14N2O/c18-13-17(14-7-3-1-4-8-14)11-12-19(16(17)20)15-9-5-2-6-10-15/h1-10H,11-12H2. The van der Waals surface area contributed by atoms with Crippen molar-refractivity contribution in [2.24, 2.45) is 0 Å². The number of hydrogen-bond donors (Lipinski definition) is 0. The van der Waals surface area contributed by atoms with Crippen LogP contribution in [0.3, 0.4) is 0 Å². The molecule has 1 fully saturated rings. The van der Waals surface area contributed by atoms with Crippen LogP contribution in [-0.2, 0) is 10.2 Å². The van der Waals surface area contributed by atoms with Crippen molar-refractivity contribution in [1.82, 2.24) is 0 Å². The van der Waals surface area contributed by atoms with Crippen LogP contribution in [0.5, 0.6) is 0 Å². The van der Waals surface area contributed by atoms with Crippen LogP contribution in [0.15, 0.2) is 60.7 Å². The predicted molar refractivity (Wildman–Crippen MR) is 77.1 cm³/mol. The van der Waals surface area contributed by atoms with E-state index in [4.69, 9.17) is 0 Å². The van der Waals surface area contributed by atoms with Gasteiger partial charge in [0.05, 0.1) is 6.07 Å². The zero-order chi connectivity index (χ0) is 14.0. The van der Waals surface area contributed by atoms with Gasteiger partial charge in [0.15, 0.2) is 5.41 Å². The maximum Gasteiger partial charge on any atom is 0.252 e. The Balaban J connectivity index is 2.01. The maximum atomic E-state index is 12.8. The molecule has 3 rings (SSSR count). The molecule has 20 heavy (non-hydrogen) atoms. The molecule has 1 heterocycles. The Morgan fingerprint density at radius 1 is 1.00 bits per heavy atom. The van der Waals surface area contributed by atoms with Crippen molar-refractivity contribution in [2.45, 2.75) is 11.8 Å². The molecule has 3 nitrogen and oxygen atoms in total. The zero-order valence-corrected chi connectivity index (χ0v) is 11.0. The van der Waals surface area contributed by atoms with Crippen LogP contribution >= 0.6 is 0 Å². The molecule has 0 aliphatic carbocycles. The number of carbonyl (C=O) groups is 1. The van der Waals surface area contributed by atoms with Gasteiger partial charge in [0.2, 0.25) is 0 Å². The molecule has 0 bridgehead atoms. The van der Waals surface area contributed by atoms with Crippen molar-refractivity contribution in [3.05, 3.63) is 66.2 Å². The average Bonchev–Trinajstić information content (AvgIpc) is 2.87. The lowest BCUT2D eigenvalue weighted by Gasteiger charge is -2.21. The van der Waals surface area contributed by atoms with Crippen molar-refractivity contribution >= 4 is 11.6 Å². The molecule has 1 atom stereocenters. The first-order chi connectivity index (χ1) is 9.78. The largest absolute Gasteiger partial charge is 0.311 e. The van der Waals surface area contributed by atoms with Crippen LogP contribution in [-0.4, -0.2) is 12.5 Å². The van der Waals surface area contributed by atoms with E-state index in [9.17, 15) is 10.1 Å². The minimum Gasteiger partial charge on any atom is -0.311 e. The monoisotopic (exact) mass is 262 g/mol. The van der Waals surface area contributed by atoms with Gasteiger partial charge in [0.1, 0.15) is 0 Å². The molecule has 1 unspecified atom stereocenters. The lowest BCUT2D eigenvalue weighted by molar-refractivity contribution is -0.120. The smallest absolute Gasteiger partial charge is 0.252 e. The minimum atomic E-state index is -1.04. The van der Waals surface area contributed by atoms with Gasteiger partial charge in [-0.2, -0.15) is 5.26 Å². The van der Waals surface area contributed by atoms with E-state index in [0.29, 0.717) is 13.0 Å². The quantitative estimate of drug-likeness (QED) is 0.835. The van der Waals surface area contributed by atoms with Crippen molar-refractivity contribution in [2.75, 3.05) is 11.4 Å². The highest BCUT2D eigenvalue weighted by Gasteiger charge is 2.48. The second kappa shape index (κ2) is 4.82. The molecule has 3 heteroatoms. The van der Waals surface area contributed by atoms with Crippen LogP contribution < -0.4 is 4.90 Å². The second-order valence-electron chi connectivity index (χ2n) is 4.93. The summed E-state index contributed by atoms with van der Waals surface area (Å²) in [7, 11) is 0. The number of anilines is 1. The summed E-state index contributed by atoms with van der Waals surface area (Å²) in [5, 5.41) is 9.61. The minimum absolute atomic E-state index is 0.127. The topological polar surface area (TPSA) is 44.1 Å². The molecule has 1 saturated heterocycles. The van der Waals surface area contributed by atoms with Crippen molar-refractivity contribution in [1.29, 1.82) is 5.26 Å². The molecule has 2 aromatic rings. The molecule has 1 aliphatic heterocycles. The molecular formula is C17H14N2O. The predicted octanol–water partition coefficient (Wildman–Crippen LogP) is 2.88. The maximum absolute atomic E-state index is 12.8. The number of rotatable bonds is 2. The highest BCUT2D eigenvalue weighted by molar-refractivity contribution is 6.05. The number of benzene rings is 2. The van der Waals surface area contributed by atoms with Crippen LogP contribution in [0.2, 0.25) is 0 Å². The molecule has 0 radical (unpaired) electrons. The third-order valence-electron chi connectivity index (χ3n) is 3.85. The Morgan fingerprint density at radius 2 is 1.60 bits per heavy atom. The van der Waals surface area contributed by atoms with E-state index in [1.165, 1.54) is 0 Å². The van der Waals surface area contributed by atoms with Gasteiger partial charge in [0.25, 0.3) is 5.91 Å². The molecule has 0 aromatic heterocycles. The van der Waals surface area contributed by atoms with Gasteiger partial charge in [0, 0.05) is 12.2 Å². The van der Waals surface area contributed by atoms with E-state index in [-0.39, 0.29) is 5.91 Å². The van der Waals surface area contributed by atoms with E-state index in [1.54, 1.807) is 4.90 Å². The number of nitriles is 1. The summed E-state index contributed by atoms with van der Waals surface area (Å²) in [5.41, 5.74) is 0.591. The number of para-hydroxylation sites is 1. The molecule has 1 amide bonds. The number of hydrogen-bond acceptors (Lipinski definition) is 2. The fraction of sp³-hybridized carbons (Fsp3) is 0.176. The Bertz CT molecular complexity index is 660. The lowest BCUT2D eigenvalue weighted by atomic mass is 9.80. The van der Waals surface area contributed by atoms with Gasteiger partial charge in [-0.3, -0.25) is 4.79 Å². The summed E-state index contributed by atoms with van der Waals surface area (Å²) in [6.45, 7) is 0.575. The van der Waals surface area contributed by atoms with Gasteiger partial charge >= 0.3 is 0 Å². The molecule has 98 valence electrons. The second-order valence-corrected chi connectivity index (χ2v) is 4.93. The number of carbonyl (C=O) groups excluding carboxylic acids is 1. The van der Waals surface area contributed by atoms with Crippen LogP contribution in [0.25, 0.3) is 0 Å². The Kier molecular flexibility index (Phi) is 3.00. The summed E-state index contributed by atoms with van der Waals surface area (Å²) in [6.07, 6.45) is 0.529. The summed E-state index contributed by atoms with van der Waals surface area (Å²) >= 11 is 0. The molecule has 0 saturated carbocycles. The zero-order valence-electron chi connectivity index (χ0n) is 11.0. The van der Waals surface area contributed by atoms with Crippen molar-refractivity contribution in [3.8, 4) is 6.07 Å². The molecule has 2 aromatic carbocycles. The van der Waals surface area contributed by atoms with Crippen molar-refractivity contribution in [3.63, 3.8) is 0 Å². The highest BCUT2D eigenvalue weighted by Crippen LogP contribution is 2.37. The first-order valence-corrected chi connectivity index (χ1v) is 6.62. The van der Waals surface area contributed by atoms with Gasteiger partial charge in [-0.1, -0.05) is 48.5 Å². The van der Waals surface area contributed by atoms with Crippen LogP contribution in [0.1, 0.15) is 12.0 Å². The summed E-state index contributed by atoms with van der Waals surface area (Å²) in [4.78, 5) is 14.5. The average molecular weight is 262 g/mol. The molecule has 0 N–H and O–H groups in total. The first-order valence-electron chi connectivity index (χ1n) is 6.62. The van der Waals surface area contributed by atoms with Crippen LogP contribution in [0.4, 0.5) is 5.69 Å².